The van der Waals surface area contributed by atoms with Crippen molar-refractivity contribution in [2.24, 2.45) is 0 Å². The molecule has 0 atom stereocenters. The predicted octanol–water partition coefficient (Wildman–Crippen LogP) is 7.25. The van der Waals surface area contributed by atoms with Crippen LogP contribution in [0.4, 0.5) is 5.69 Å². The highest BCUT2D eigenvalue weighted by molar-refractivity contribution is 5.76. The van der Waals surface area contributed by atoms with Gasteiger partial charge in [-0.05, 0) is 59.8 Å². The third kappa shape index (κ3) is 3.43. The molecule has 1 aromatic heterocycles. The first kappa shape index (κ1) is 14.4. The second-order valence-corrected chi connectivity index (χ2v) is 6.67. The fraction of sp³-hybridized carbons (Fsp3) is 0.0769. The summed E-state index contributed by atoms with van der Waals surface area (Å²) in [6, 6.07) is 24.4. The summed E-state index contributed by atoms with van der Waals surface area (Å²) in [6.45, 7) is 7.03. The van der Waals surface area contributed by atoms with Gasteiger partial charge in [0.25, 0.3) is 0 Å². The van der Waals surface area contributed by atoms with Crippen molar-refractivity contribution in [1.82, 2.24) is 4.98 Å². The molecule has 0 unspecified atom stereocenters. The molecule has 134 valence electrons. The highest BCUT2D eigenvalue weighted by Gasteiger charge is 2.09. The van der Waals surface area contributed by atoms with Crippen LogP contribution in [0.3, 0.4) is 0 Å². The minimum atomic E-state index is -2.20. The summed E-state index contributed by atoms with van der Waals surface area (Å²) in [5.74, 6) is 0. The van der Waals surface area contributed by atoms with Gasteiger partial charge in [-0.15, -0.1) is 0 Å². The number of hydrogen-bond acceptors (Lipinski definition) is 1. The zero-order valence-electron chi connectivity index (χ0n) is 18.5. The van der Waals surface area contributed by atoms with E-state index in [0.717, 1.165) is 33.5 Å². The van der Waals surface area contributed by atoms with E-state index in [-0.39, 0.29) is 0 Å². The lowest BCUT2D eigenvalue weighted by atomic mass is 9.95. The molecule has 2 nitrogen and oxygen atoms in total. The number of aryl methyl sites for hydroxylation is 2. The van der Waals surface area contributed by atoms with Crippen LogP contribution in [0.1, 0.15) is 15.2 Å². The molecule has 2 heteroatoms. The quantitative estimate of drug-likeness (QED) is 0.350. The Labute approximate surface area is 170 Å². The van der Waals surface area contributed by atoms with Crippen molar-refractivity contribution in [2.45, 2.75) is 13.8 Å². The van der Waals surface area contributed by atoms with Crippen LogP contribution in [0.2, 0.25) is 0 Å². The van der Waals surface area contributed by atoms with Crippen molar-refractivity contribution in [1.29, 1.82) is 0 Å². The predicted molar refractivity (Wildman–Crippen MR) is 116 cm³/mol. The van der Waals surface area contributed by atoms with Gasteiger partial charge in [0.2, 0.25) is 0 Å². The number of rotatable bonds is 3. The van der Waals surface area contributed by atoms with E-state index in [1.165, 1.54) is 0 Å². The van der Waals surface area contributed by atoms with Crippen LogP contribution in [-0.2, 0) is 0 Å². The third-order valence-electron chi connectivity index (χ3n) is 4.80. The summed E-state index contributed by atoms with van der Waals surface area (Å²) in [5, 5.41) is 0. The molecule has 28 heavy (non-hydrogen) atoms. The van der Waals surface area contributed by atoms with Crippen molar-refractivity contribution >= 4 is 5.69 Å². The lowest BCUT2D eigenvalue weighted by molar-refractivity contribution is 1.28. The zero-order chi connectivity index (χ0) is 22.0. The number of hydrogen-bond donors (Lipinski definition) is 0. The average Bonchev–Trinajstić information content (AvgIpc) is 2.78. The molecule has 4 rings (SSSR count). The molecule has 0 radical (unpaired) electrons. The van der Waals surface area contributed by atoms with Gasteiger partial charge in [0.15, 0.2) is 5.69 Å². The Morgan fingerprint density at radius 1 is 0.786 bits per heavy atom. The summed E-state index contributed by atoms with van der Waals surface area (Å²) in [6.07, 6.45) is 1.81. The molecule has 0 saturated carbocycles. The van der Waals surface area contributed by atoms with Gasteiger partial charge in [0, 0.05) is 21.4 Å². The van der Waals surface area contributed by atoms with E-state index in [1.807, 2.05) is 79.9 Å². The summed E-state index contributed by atoms with van der Waals surface area (Å²) in [5.41, 5.74) is 7.05. The van der Waals surface area contributed by atoms with E-state index in [0.29, 0.717) is 16.8 Å². The molecule has 0 spiro atoms. The van der Waals surface area contributed by atoms with E-state index < -0.39 is 6.85 Å². The van der Waals surface area contributed by atoms with Crippen LogP contribution < -0.4 is 0 Å². The highest BCUT2D eigenvalue weighted by Crippen LogP contribution is 2.31. The van der Waals surface area contributed by atoms with E-state index in [2.05, 4.69) is 9.83 Å². The van der Waals surface area contributed by atoms with Gasteiger partial charge in [0.1, 0.15) is 0 Å². The van der Waals surface area contributed by atoms with Crippen molar-refractivity contribution < 1.29 is 4.11 Å². The molecule has 0 N–H and O–H groups in total. The molecular formula is C26H20N2. The molecule has 1 heterocycles. The second kappa shape index (κ2) is 7.50. The molecule has 0 aliphatic rings. The molecule has 0 bridgehead atoms. The maximum Gasteiger partial charge on any atom is 0.187 e. The van der Waals surface area contributed by atoms with E-state index in [4.69, 9.17) is 10.7 Å². The van der Waals surface area contributed by atoms with Crippen LogP contribution in [0, 0.1) is 20.3 Å². The van der Waals surface area contributed by atoms with Crippen molar-refractivity contribution in [3.05, 3.63) is 108 Å². The fourth-order valence-electron chi connectivity index (χ4n) is 3.32. The number of benzene rings is 3. The smallest absolute Gasteiger partial charge is 0.187 e. The maximum atomic E-state index is 7.93. The Kier molecular flexibility index (Phi) is 3.85. The summed E-state index contributed by atoms with van der Waals surface area (Å²) in [4.78, 5) is 8.15. The van der Waals surface area contributed by atoms with Gasteiger partial charge >= 0.3 is 0 Å². The largest absolute Gasteiger partial charge is 0.256 e. The number of pyridine rings is 1. The molecular weight excluding hydrogens is 340 g/mol. The normalized spacial score (nSPS) is 12.5. The van der Waals surface area contributed by atoms with Crippen molar-refractivity contribution in [3.8, 4) is 33.5 Å². The van der Waals surface area contributed by atoms with E-state index in [1.54, 1.807) is 12.1 Å². The summed E-state index contributed by atoms with van der Waals surface area (Å²) < 4.78 is 23.8. The Morgan fingerprint density at radius 2 is 1.61 bits per heavy atom. The van der Waals surface area contributed by atoms with Gasteiger partial charge in [-0.3, -0.25) is 4.98 Å². The highest BCUT2D eigenvalue weighted by atomic mass is 14.7. The molecule has 4 aromatic rings. The van der Waals surface area contributed by atoms with E-state index in [9.17, 15) is 0 Å². The van der Waals surface area contributed by atoms with Crippen molar-refractivity contribution in [3.63, 3.8) is 0 Å². The Bertz CT molecular complexity index is 1290. The first-order valence-electron chi connectivity index (χ1n) is 10.5. The molecule has 0 amide bonds. The monoisotopic (exact) mass is 363 g/mol. The second-order valence-electron chi connectivity index (χ2n) is 6.67. The third-order valence-corrected chi connectivity index (χ3v) is 4.80. The van der Waals surface area contributed by atoms with Crippen LogP contribution >= 0.6 is 0 Å². The minimum Gasteiger partial charge on any atom is -0.256 e. The number of aromatic nitrogens is 1. The van der Waals surface area contributed by atoms with Gasteiger partial charge in [0.05, 0.1) is 12.3 Å². The maximum absolute atomic E-state index is 7.93. The topological polar surface area (TPSA) is 17.2 Å². The lowest BCUT2D eigenvalue weighted by Gasteiger charge is -2.12. The molecule has 0 saturated heterocycles. The molecule has 0 aliphatic heterocycles. The van der Waals surface area contributed by atoms with Crippen LogP contribution in [0.25, 0.3) is 38.4 Å². The molecule has 3 aromatic carbocycles. The standard InChI is InChI=1S/C26H20N2/c1-18-12-13-22(16-24(18)20-8-5-4-6-9-20)26-14-19(2)25(17-28-26)21-10-7-11-23(15-21)27-3/h4-17H,1-2H3/i1D3. The van der Waals surface area contributed by atoms with Gasteiger partial charge in [-0.25, -0.2) is 4.85 Å². The Balaban J connectivity index is 1.80. The van der Waals surface area contributed by atoms with Gasteiger partial charge < -0.3 is 0 Å². The fourth-order valence-corrected chi connectivity index (χ4v) is 3.32. The Morgan fingerprint density at radius 3 is 2.36 bits per heavy atom. The average molecular weight is 363 g/mol. The van der Waals surface area contributed by atoms with Crippen LogP contribution in [0.15, 0.2) is 85.1 Å². The molecule has 0 aliphatic carbocycles. The van der Waals surface area contributed by atoms with E-state index >= 15 is 0 Å². The Hall–Kier alpha value is -3.70. The SMILES string of the molecule is [2H]C([2H])([2H])c1ccc(-c2cc(C)c(-c3cccc([N+]#[C-])c3)cn2)cc1-c1ccccc1. The first-order valence-corrected chi connectivity index (χ1v) is 9.02. The van der Waals surface area contributed by atoms with Gasteiger partial charge in [-0.1, -0.05) is 60.7 Å². The zero-order valence-corrected chi connectivity index (χ0v) is 15.5. The van der Waals surface area contributed by atoms with Crippen LogP contribution in [0.5, 0.6) is 0 Å². The summed E-state index contributed by atoms with van der Waals surface area (Å²) >= 11 is 0. The van der Waals surface area contributed by atoms with Gasteiger partial charge in [-0.2, -0.15) is 0 Å². The van der Waals surface area contributed by atoms with Crippen molar-refractivity contribution in [2.75, 3.05) is 0 Å². The molecule has 0 fully saturated rings. The minimum absolute atomic E-state index is 0.326. The number of nitrogens with zero attached hydrogens (tertiary/aromatic N) is 2. The summed E-state index contributed by atoms with van der Waals surface area (Å²) in [7, 11) is 0. The first-order chi connectivity index (χ1) is 14.9. The van der Waals surface area contributed by atoms with Crippen LogP contribution in [-0.4, -0.2) is 4.98 Å². The lowest BCUT2D eigenvalue weighted by Crippen LogP contribution is -1.91.